The molecule has 0 aliphatic heterocycles. The van der Waals surface area contributed by atoms with Crippen molar-refractivity contribution >= 4 is 5.91 Å². The summed E-state index contributed by atoms with van der Waals surface area (Å²) in [6.07, 6.45) is 8.42. The van der Waals surface area contributed by atoms with E-state index < -0.39 is 0 Å². The lowest BCUT2D eigenvalue weighted by Gasteiger charge is -2.37. The van der Waals surface area contributed by atoms with Gasteiger partial charge in [-0.25, -0.2) is 0 Å². The summed E-state index contributed by atoms with van der Waals surface area (Å²) >= 11 is 0. The quantitative estimate of drug-likeness (QED) is 0.604. The maximum absolute atomic E-state index is 12.8. The van der Waals surface area contributed by atoms with Gasteiger partial charge >= 0.3 is 0 Å². The van der Waals surface area contributed by atoms with Gasteiger partial charge in [0.15, 0.2) is 0 Å². The molecule has 3 heteroatoms. The Labute approximate surface area is 111 Å². The van der Waals surface area contributed by atoms with Crippen molar-refractivity contribution in [2.24, 2.45) is 11.1 Å². The van der Waals surface area contributed by atoms with Crippen molar-refractivity contribution in [2.45, 2.75) is 58.4 Å². The van der Waals surface area contributed by atoms with E-state index in [4.69, 9.17) is 5.73 Å². The minimum Gasteiger partial charge on any atom is -0.336 e. The molecule has 1 saturated carbocycles. The monoisotopic (exact) mass is 252 g/mol. The van der Waals surface area contributed by atoms with Crippen LogP contribution in [0.4, 0.5) is 0 Å². The van der Waals surface area contributed by atoms with Crippen LogP contribution < -0.4 is 5.73 Å². The molecule has 3 nitrogen and oxygen atoms in total. The summed E-state index contributed by atoms with van der Waals surface area (Å²) in [6, 6.07) is 0.210. The zero-order chi connectivity index (χ0) is 13.6. The summed E-state index contributed by atoms with van der Waals surface area (Å²) < 4.78 is 0. The molecule has 1 aliphatic carbocycles. The molecule has 0 atom stereocenters. The van der Waals surface area contributed by atoms with E-state index >= 15 is 0 Å². The lowest BCUT2D eigenvalue weighted by atomic mass is 9.78. The number of rotatable bonds is 5. The molecule has 2 N–H and O–H groups in total. The van der Waals surface area contributed by atoms with Crippen LogP contribution in [-0.2, 0) is 4.79 Å². The van der Waals surface area contributed by atoms with Crippen molar-refractivity contribution in [1.29, 1.82) is 0 Å². The van der Waals surface area contributed by atoms with E-state index in [1.807, 2.05) is 4.90 Å². The molecule has 1 fully saturated rings. The number of hydrogen-bond donors (Lipinski definition) is 1. The Bertz CT molecular complexity index is 278. The fourth-order valence-electron chi connectivity index (χ4n) is 2.88. The molecular formula is C15H28N2O. The summed E-state index contributed by atoms with van der Waals surface area (Å²) in [5, 5.41) is 0. The molecule has 1 aliphatic rings. The van der Waals surface area contributed by atoms with Crippen LogP contribution in [0.3, 0.4) is 0 Å². The first-order valence-electron chi connectivity index (χ1n) is 7.19. The minimum absolute atomic E-state index is 0.210. The highest BCUT2D eigenvalue weighted by Gasteiger charge is 2.40. The number of nitrogens with zero attached hydrogens (tertiary/aromatic N) is 1. The van der Waals surface area contributed by atoms with Gasteiger partial charge in [0, 0.05) is 19.1 Å². The van der Waals surface area contributed by atoms with Crippen LogP contribution in [0, 0.1) is 5.41 Å². The average Bonchev–Trinajstić information content (AvgIpc) is 2.61. The Morgan fingerprint density at radius 2 is 1.89 bits per heavy atom. The van der Waals surface area contributed by atoms with E-state index in [9.17, 15) is 4.79 Å². The highest BCUT2D eigenvalue weighted by Crippen LogP contribution is 2.36. The Morgan fingerprint density at radius 1 is 1.33 bits per heavy atom. The number of hydrogen-bond acceptors (Lipinski definition) is 2. The number of carbonyl (C=O) groups is 1. The molecular weight excluding hydrogens is 224 g/mol. The predicted molar refractivity (Wildman–Crippen MR) is 76.2 cm³/mol. The second kappa shape index (κ2) is 6.93. The lowest BCUT2D eigenvalue weighted by molar-refractivity contribution is -0.143. The predicted octanol–water partition coefficient (Wildman–Crippen LogP) is 2.71. The third kappa shape index (κ3) is 3.35. The minimum atomic E-state index is -0.316. The zero-order valence-electron chi connectivity index (χ0n) is 12.0. The first kappa shape index (κ1) is 15.2. The molecule has 0 saturated heterocycles. The molecule has 18 heavy (non-hydrogen) atoms. The summed E-state index contributed by atoms with van der Waals surface area (Å²) in [5.74, 6) is 0.238. The molecule has 0 radical (unpaired) electrons. The summed E-state index contributed by atoms with van der Waals surface area (Å²) in [4.78, 5) is 14.8. The number of carbonyl (C=O) groups excluding carboxylic acids is 1. The van der Waals surface area contributed by atoms with E-state index in [2.05, 4.69) is 20.4 Å². The van der Waals surface area contributed by atoms with E-state index in [1.165, 1.54) is 12.8 Å². The Balaban J connectivity index is 2.89. The van der Waals surface area contributed by atoms with Crippen molar-refractivity contribution in [2.75, 3.05) is 13.1 Å². The van der Waals surface area contributed by atoms with Crippen molar-refractivity contribution in [3.05, 3.63) is 12.7 Å². The molecule has 0 bridgehead atoms. The molecule has 1 rings (SSSR count). The van der Waals surface area contributed by atoms with Crippen LogP contribution in [0.5, 0.6) is 0 Å². The van der Waals surface area contributed by atoms with Crippen LogP contribution >= 0.6 is 0 Å². The Kier molecular flexibility index (Phi) is 5.86. The van der Waals surface area contributed by atoms with Crippen molar-refractivity contribution in [1.82, 2.24) is 4.90 Å². The van der Waals surface area contributed by atoms with Gasteiger partial charge < -0.3 is 10.6 Å². The van der Waals surface area contributed by atoms with Gasteiger partial charge in [-0.15, -0.1) is 6.58 Å². The Morgan fingerprint density at radius 3 is 2.28 bits per heavy atom. The van der Waals surface area contributed by atoms with Gasteiger partial charge in [-0.2, -0.15) is 0 Å². The van der Waals surface area contributed by atoms with Crippen LogP contribution in [0.2, 0.25) is 0 Å². The zero-order valence-corrected chi connectivity index (χ0v) is 12.0. The van der Waals surface area contributed by atoms with Gasteiger partial charge in [0.25, 0.3) is 0 Å². The van der Waals surface area contributed by atoms with Crippen LogP contribution in [0.15, 0.2) is 12.7 Å². The van der Waals surface area contributed by atoms with E-state index in [1.54, 1.807) is 6.08 Å². The van der Waals surface area contributed by atoms with Gasteiger partial charge in [-0.1, -0.05) is 31.8 Å². The number of amides is 1. The molecule has 0 spiro atoms. The first-order valence-corrected chi connectivity index (χ1v) is 7.19. The van der Waals surface area contributed by atoms with Crippen LogP contribution in [0.1, 0.15) is 52.4 Å². The fourth-order valence-corrected chi connectivity index (χ4v) is 2.88. The van der Waals surface area contributed by atoms with Gasteiger partial charge in [0.1, 0.15) is 0 Å². The molecule has 0 heterocycles. The van der Waals surface area contributed by atoms with E-state index in [-0.39, 0.29) is 17.4 Å². The van der Waals surface area contributed by atoms with Gasteiger partial charge in [0.2, 0.25) is 5.91 Å². The van der Waals surface area contributed by atoms with Crippen molar-refractivity contribution in [3.63, 3.8) is 0 Å². The average molecular weight is 252 g/mol. The molecule has 104 valence electrons. The number of nitrogens with two attached hydrogens (primary N) is 1. The second-order valence-corrected chi connectivity index (χ2v) is 5.74. The van der Waals surface area contributed by atoms with Crippen molar-refractivity contribution < 1.29 is 4.79 Å². The van der Waals surface area contributed by atoms with Crippen LogP contribution in [-0.4, -0.2) is 29.9 Å². The first-order chi connectivity index (χ1) is 8.57. The van der Waals surface area contributed by atoms with Gasteiger partial charge in [-0.05, 0) is 26.7 Å². The maximum Gasteiger partial charge on any atom is 0.230 e. The molecule has 0 aromatic rings. The molecule has 0 aromatic heterocycles. The van der Waals surface area contributed by atoms with E-state index in [0.717, 1.165) is 25.7 Å². The van der Waals surface area contributed by atoms with Gasteiger partial charge in [-0.3, -0.25) is 4.79 Å². The molecule has 0 aromatic carbocycles. The molecule has 0 unspecified atom stereocenters. The largest absolute Gasteiger partial charge is 0.336 e. The highest BCUT2D eigenvalue weighted by atomic mass is 16.2. The summed E-state index contributed by atoms with van der Waals surface area (Å²) in [7, 11) is 0. The highest BCUT2D eigenvalue weighted by molar-refractivity contribution is 5.83. The standard InChI is InChI=1S/C15H28N2O/c1-4-11-17(13(2)3)14(18)15(12-16)9-7-5-6-8-10-15/h4,13H,1,5-12,16H2,2-3H3. The smallest absolute Gasteiger partial charge is 0.230 e. The lowest BCUT2D eigenvalue weighted by Crippen LogP contribution is -2.50. The van der Waals surface area contributed by atoms with Crippen molar-refractivity contribution in [3.8, 4) is 0 Å². The van der Waals surface area contributed by atoms with E-state index in [0.29, 0.717) is 13.1 Å². The topological polar surface area (TPSA) is 46.3 Å². The third-order valence-corrected chi connectivity index (χ3v) is 4.12. The fraction of sp³-hybridized carbons (Fsp3) is 0.800. The maximum atomic E-state index is 12.8. The Hall–Kier alpha value is -0.830. The summed E-state index contributed by atoms with van der Waals surface area (Å²) in [5.41, 5.74) is 5.65. The summed E-state index contributed by atoms with van der Waals surface area (Å²) in [6.45, 7) is 8.97. The van der Waals surface area contributed by atoms with Gasteiger partial charge in [0.05, 0.1) is 5.41 Å². The second-order valence-electron chi connectivity index (χ2n) is 5.74. The SMILES string of the molecule is C=CCN(C(=O)C1(CN)CCCCCC1)C(C)C. The normalized spacial score (nSPS) is 19.3. The molecule has 1 amide bonds. The third-order valence-electron chi connectivity index (χ3n) is 4.12. The van der Waals surface area contributed by atoms with Crippen LogP contribution in [0.25, 0.3) is 0 Å².